The van der Waals surface area contributed by atoms with Gasteiger partial charge in [-0.3, -0.25) is 4.57 Å². The maximum atomic E-state index is 10.1. The Morgan fingerprint density at radius 1 is 1.03 bits per heavy atom. The summed E-state index contributed by atoms with van der Waals surface area (Å²) in [6.45, 7) is -0.407. The number of aliphatic hydroxyl groups is 3. The minimum Gasteiger partial charge on any atom is -0.394 e. The molecule has 0 aliphatic carbocycles. The monoisotopic (exact) mass is 558 g/mol. The number of nitrogen functional groups attached to an aromatic ring is 2. The van der Waals surface area contributed by atoms with Crippen LogP contribution in [0, 0.1) is 0 Å². The number of nitrogens with one attached hydrogen (secondary N) is 1. The van der Waals surface area contributed by atoms with Crippen molar-refractivity contribution in [1.82, 2.24) is 39.5 Å². The second kappa shape index (κ2) is 8.56. The second-order valence-corrected chi connectivity index (χ2v) is 7.86. The van der Waals surface area contributed by atoms with E-state index in [9.17, 15) is 10.2 Å². The first kappa shape index (κ1) is 21.7. The lowest BCUT2D eigenvalue weighted by Crippen LogP contribution is -2.33. The summed E-state index contributed by atoms with van der Waals surface area (Å²) in [6.07, 6.45) is -1.59. The topological polar surface area (TPSA) is 220 Å². The molecule has 14 nitrogen and oxygen atoms in total. The normalized spacial score (nSPS) is 23.3. The van der Waals surface area contributed by atoms with Crippen molar-refractivity contribution in [3.05, 3.63) is 22.1 Å². The van der Waals surface area contributed by atoms with Gasteiger partial charge in [0.15, 0.2) is 44.1 Å². The van der Waals surface area contributed by atoms with Crippen molar-refractivity contribution in [1.29, 1.82) is 0 Å². The molecule has 5 rings (SSSR count). The van der Waals surface area contributed by atoms with E-state index in [1.165, 1.54) is 17.2 Å². The van der Waals surface area contributed by atoms with Gasteiger partial charge in [-0.05, 0) is 31.9 Å². The van der Waals surface area contributed by atoms with E-state index in [0.717, 1.165) is 0 Å². The Hall–Kier alpha value is -2.50. The Balaban J connectivity index is 0.000000177. The summed E-state index contributed by atoms with van der Waals surface area (Å²) in [4.78, 5) is 26.6. The van der Waals surface area contributed by atoms with Crippen molar-refractivity contribution in [2.45, 2.75) is 24.5 Å². The van der Waals surface area contributed by atoms with Gasteiger partial charge in [0.25, 0.3) is 0 Å². The van der Waals surface area contributed by atoms with Gasteiger partial charge in [-0.15, -0.1) is 0 Å². The quantitative estimate of drug-likeness (QED) is 0.171. The van der Waals surface area contributed by atoms with Crippen LogP contribution in [0.2, 0.25) is 0 Å². The number of hydrogen-bond acceptors (Lipinski definition) is 12. The lowest BCUT2D eigenvalue weighted by Gasteiger charge is -2.17. The van der Waals surface area contributed by atoms with Crippen molar-refractivity contribution < 1.29 is 20.1 Å². The van der Waals surface area contributed by atoms with Gasteiger partial charge in [-0.1, -0.05) is 0 Å². The van der Waals surface area contributed by atoms with Gasteiger partial charge in [0.05, 0.1) is 6.61 Å². The Labute approximate surface area is 190 Å². The first-order chi connectivity index (χ1) is 14.8. The molecule has 1 fully saturated rings. The van der Waals surface area contributed by atoms with Crippen LogP contribution in [0.1, 0.15) is 6.23 Å². The van der Waals surface area contributed by atoms with Gasteiger partial charge in [-0.25, -0.2) is 29.9 Å². The molecule has 16 heteroatoms. The number of H-pyrrole nitrogens is 1. The summed E-state index contributed by atoms with van der Waals surface area (Å²) in [6, 6.07) is 0. The Kier molecular flexibility index (Phi) is 6.00. The lowest BCUT2D eigenvalue weighted by molar-refractivity contribution is -0.0521. The molecule has 0 bridgehead atoms. The van der Waals surface area contributed by atoms with Crippen molar-refractivity contribution in [2.24, 2.45) is 0 Å². The fraction of sp³-hybridized carbons (Fsp3) is 0.333. The highest BCUT2D eigenvalue weighted by Gasteiger charge is 2.44. The zero-order valence-corrected chi connectivity index (χ0v) is 18.6. The summed E-state index contributed by atoms with van der Waals surface area (Å²) in [5.74, 6) is 0.606. The number of aliphatic hydroxyl groups excluding tert-OH is 3. The average Bonchev–Trinajstić information content (AvgIpc) is 3.37. The molecule has 0 aromatic carbocycles. The van der Waals surface area contributed by atoms with Gasteiger partial charge in [0.1, 0.15) is 36.5 Å². The fourth-order valence-electron chi connectivity index (χ4n) is 3.04. The number of nitrogens with zero attached hydrogens (tertiary/aromatic N) is 7. The SMILES string of the molecule is Nc1ncnc2c1nc(Br)n2[C@@H]1O[C@H](CO)[C@@H](O)[C@H]1O.Nc1ncnc2nc(Br)[nH]c12. The van der Waals surface area contributed by atoms with Crippen molar-refractivity contribution in [2.75, 3.05) is 18.1 Å². The molecule has 1 saturated heterocycles. The number of ether oxygens (including phenoxy) is 1. The van der Waals surface area contributed by atoms with Crippen LogP contribution in [-0.4, -0.2) is 79.7 Å². The number of rotatable bonds is 2. The highest BCUT2D eigenvalue weighted by atomic mass is 79.9. The molecule has 1 aliphatic heterocycles. The van der Waals surface area contributed by atoms with E-state index in [1.54, 1.807) is 0 Å². The van der Waals surface area contributed by atoms with Crippen molar-refractivity contribution in [3.63, 3.8) is 0 Å². The van der Waals surface area contributed by atoms with E-state index < -0.39 is 31.1 Å². The maximum absolute atomic E-state index is 10.1. The molecule has 4 aromatic heterocycles. The molecule has 0 spiro atoms. The largest absolute Gasteiger partial charge is 0.394 e. The van der Waals surface area contributed by atoms with Crippen LogP contribution in [0.15, 0.2) is 22.1 Å². The molecule has 31 heavy (non-hydrogen) atoms. The first-order valence-corrected chi connectivity index (χ1v) is 10.3. The average molecular weight is 560 g/mol. The lowest BCUT2D eigenvalue weighted by atomic mass is 10.1. The van der Waals surface area contributed by atoms with E-state index in [1.807, 2.05) is 0 Å². The number of nitrogens with two attached hydrogens (primary N) is 2. The molecular weight excluding hydrogens is 544 g/mol. The zero-order chi connectivity index (χ0) is 22.3. The van der Waals surface area contributed by atoms with Crippen LogP contribution in [0.5, 0.6) is 0 Å². The fourth-order valence-corrected chi connectivity index (χ4v) is 3.95. The molecule has 4 aromatic rings. The van der Waals surface area contributed by atoms with E-state index in [4.69, 9.17) is 21.3 Å². The summed E-state index contributed by atoms with van der Waals surface area (Å²) >= 11 is 6.41. The molecule has 0 saturated carbocycles. The minimum absolute atomic E-state index is 0.196. The van der Waals surface area contributed by atoms with E-state index in [2.05, 4.69) is 66.7 Å². The van der Waals surface area contributed by atoms with Crippen LogP contribution >= 0.6 is 31.9 Å². The van der Waals surface area contributed by atoms with Crippen LogP contribution in [0.4, 0.5) is 11.6 Å². The molecule has 8 N–H and O–H groups in total. The number of aromatic nitrogens is 8. The van der Waals surface area contributed by atoms with E-state index in [0.29, 0.717) is 37.6 Å². The summed E-state index contributed by atoms with van der Waals surface area (Å²) < 4.78 is 7.84. The number of halogens is 2. The molecule has 4 atom stereocenters. The highest BCUT2D eigenvalue weighted by molar-refractivity contribution is 9.10. The number of fused-ring (bicyclic) bond motifs is 2. The first-order valence-electron chi connectivity index (χ1n) is 8.69. The van der Waals surface area contributed by atoms with Crippen LogP contribution in [0.25, 0.3) is 22.3 Å². The molecule has 0 radical (unpaired) electrons. The predicted molar refractivity (Wildman–Crippen MR) is 114 cm³/mol. The molecule has 164 valence electrons. The summed E-state index contributed by atoms with van der Waals surface area (Å²) in [5, 5.41) is 29.0. The third-order valence-corrected chi connectivity index (χ3v) is 5.46. The molecule has 5 heterocycles. The third kappa shape index (κ3) is 3.92. The molecule has 0 unspecified atom stereocenters. The number of anilines is 2. The zero-order valence-electron chi connectivity index (χ0n) is 15.5. The van der Waals surface area contributed by atoms with Gasteiger partial charge in [-0.2, -0.15) is 0 Å². The van der Waals surface area contributed by atoms with E-state index in [-0.39, 0.29) is 5.82 Å². The molecular formula is C15H16Br2N10O4. The highest BCUT2D eigenvalue weighted by Crippen LogP contribution is 2.34. The third-order valence-electron chi connectivity index (χ3n) is 4.52. The Bertz CT molecular complexity index is 1230. The smallest absolute Gasteiger partial charge is 0.183 e. The van der Waals surface area contributed by atoms with Gasteiger partial charge < -0.3 is 36.5 Å². The van der Waals surface area contributed by atoms with Crippen molar-refractivity contribution >= 4 is 65.8 Å². The second-order valence-electron chi connectivity index (χ2n) is 6.40. The molecule has 1 aliphatic rings. The van der Waals surface area contributed by atoms with E-state index >= 15 is 0 Å². The number of aromatic amines is 1. The van der Waals surface area contributed by atoms with Crippen LogP contribution in [-0.2, 0) is 4.74 Å². The Morgan fingerprint density at radius 2 is 1.74 bits per heavy atom. The summed E-state index contributed by atoms with van der Waals surface area (Å²) in [7, 11) is 0. The molecule has 0 amide bonds. The van der Waals surface area contributed by atoms with Gasteiger partial charge in [0.2, 0.25) is 0 Å². The van der Waals surface area contributed by atoms with Crippen molar-refractivity contribution in [3.8, 4) is 0 Å². The minimum atomic E-state index is -1.22. The summed E-state index contributed by atoms with van der Waals surface area (Å²) in [5.41, 5.74) is 13.2. The predicted octanol–water partition coefficient (Wildman–Crippen LogP) is -0.520. The van der Waals surface area contributed by atoms with Gasteiger partial charge >= 0.3 is 0 Å². The van der Waals surface area contributed by atoms with Gasteiger partial charge in [0, 0.05) is 0 Å². The number of imidazole rings is 2. The van der Waals surface area contributed by atoms with Crippen LogP contribution in [0.3, 0.4) is 0 Å². The Morgan fingerprint density at radius 3 is 2.42 bits per heavy atom. The number of hydrogen-bond donors (Lipinski definition) is 6. The standard InChI is InChI=1S/C10H12BrN5O4.C5H4BrN5/c11-10-15-4-7(12)13-2-14-8(4)16(10)9-6(19)5(18)3(1-17)20-9;6-5-10-2-3(7)8-1-9-4(2)11-5/h2-3,5-6,9,17-19H,1H2,(H2,12,13,14);1H,(H3,7,8,9,10,11)/t3-,5-,6-,9-;/m1./s1. The maximum Gasteiger partial charge on any atom is 0.183 e. The van der Waals surface area contributed by atoms with Crippen LogP contribution < -0.4 is 11.5 Å².